The van der Waals surface area contributed by atoms with Crippen molar-refractivity contribution < 1.29 is 13.2 Å². The third kappa shape index (κ3) is 3.40. The van der Waals surface area contributed by atoms with E-state index in [2.05, 4.69) is 10.2 Å². The normalized spacial score (nSPS) is 19.9. The van der Waals surface area contributed by atoms with Crippen molar-refractivity contribution >= 4 is 15.7 Å². The predicted molar refractivity (Wildman–Crippen MR) is 97.7 cm³/mol. The van der Waals surface area contributed by atoms with Crippen molar-refractivity contribution in [3.63, 3.8) is 0 Å². The predicted octanol–water partition coefficient (Wildman–Crippen LogP) is 1.60. The number of carbonyl (C=O) groups excluding carboxylic acids is 1. The van der Waals surface area contributed by atoms with Gasteiger partial charge in [-0.25, -0.2) is 8.42 Å². The molecule has 1 saturated heterocycles. The highest BCUT2D eigenvalue weighted by molar-refractivity contribution is 7.91. The van der Waals surface area contributed by atoms with Gasteiger partial charge < -0.3 is 4.90 Å². The zero-order chi connectivity index (χ0) is 19.1. The van der Waals surface area contributed by atoms with Crippen LogP contribution in [0.2, 0.25) is 0 Å². The second-order valence-corrected chi connectivity index (χ2v) is 9.17. The van der Waals surface area contributed by atoms with E-state index in [0.29, 0.717) is 12.1 Å². The van der Waals surface area contributed by atoms with E-state index in [0.717, 1.165) is 11.3 Å². The molecule has 1 aliphatic rings. The number of hydrogen-bond donors (Lipinski definition) is 0. The lowest BCUT2D eigenvalue weighted by atomic mass is 10.1. The van der Waals surface area contributed by atoms with Gasteiger partial charge in [-0.1, -0.05) is 0 Å². The van der Waals surface area contributed by atoms with Crippen molar-refractivity contribution in [2.24, 2.45) is 0 Å². The minimum atomic E-state index is -3.20. The van der Waals surface area contributed by atoms with Crippen LogP contribution in [0.1, 0.15) is 54.5 Å². The Balaban J connectivity index is 1.96. The highest BCUT2D eigenvalue weighted by Gasteiger charge is 2.37. The number of rotatable bonds is 4. The standard InChI is InChI=1S/C17H25N5O3S/c1-5-20-10-14(8-18-20)16-11-26(24,25)7-6-21(16)17(23)15-9-19-22(12(2)3)13(15)4/h8-10,12,16H,5-7,11H2,1-4H3/t16-/m1/s1. The van der Waals surface area contributed by atoms with E-state index < -0.39 is 15.9 Å². The summed E-state index contributed by atoms with van der Waals surface area (Å²) in [5.41, 5.74) is 2.06. The molecule has 3 rings (SSSR count). The summed E-state index contributed by atoms with van der Waals surface area (Å²) in [6.45, 7) is 8.70. The minimum absolute atomic E-state index is 0.0193. The summed E-state index contributed by atoms with van der Waals surface area (Å²) < 4.78 is 27.9. The first-order valence-electron chi connectivity index (χ1n) is 8.81. The molecule has 0 aliphatic carbocycles. The summed E-state index contributed by atoms with van der Waals surface area (Å²) in [6, 6.07) is -0.375. The number of aromatic nitrogens is 4. The van der Waals surface area contributed by atoms with E-state index >= 15 is 0 Å². The van der Waals surface area contributed by atoms with Gasteiger partial charge in [0.2, 0.25) is 0 Å². The molecule has 1 aliphatic heterocycles. The fourth-order valence-electron chi connectivity index (χ4n) is 3.36. The van der Waals surface area contributed by atoms with Gasteiger partial charge in [-0.2, -0.15) is 10.2 Å². The fraction of sp³-hybridized carbons (Fsp3) is 0.588. The largest absolute Gasteiger partial charge is 0.329 e. The lowest BCUT2D eigenvalue weighted by Gasteiger charge is -2.35. The smallest absolute Gasteiger partial charge is 0.257 e. The van der Waals surface area contributed by atoms with Crippen LogP contribution < -0.4 is 0 Å². The highest BCUT2D eigenvalue weighted by Crippen LogP contribution is 2.29. The van der Waals surface area contributed by atoms with Crippen LogP contribution in [-0.2, 0) is 16.4 Å². The lowest BCUT2D eigenvalue weighted by molar-refractivity contribution is 0.0696. The van der Waals surface area contributed by atoms with E-state index in [-0.39, 0.29) is 30.0 Å². The van der Waals surface area contributed by atoms with Crippen molar-refractivity contribution in [3.8, 4) is 0 Å². The topological polar surface area (TPSA) is 90.1 Å². The summed E-state index contributed by atoms with van der Waals surface area (Å²) in [7, 11) is -3.20. The van der Waals surface area contributed by atoms with Gasteiger partial charge in [-0.05, 0) is 27.7 Å². The van der Waals surface area contributed by atoms with Gasteiger partial charge in [0.15, 0.2) is 9.84 Å². The summed E-state index contributed by atoms with van der Waals surface area (Å²) in [5, 5.41) is 8.55. The lowest BCUT2D eigenvalue weighted by Crippen LogP contribution is -2.46. The third-order valence-corrected chi connectivity index (χ3v) is 6.45. The van der Waals surface area contributed by atoms with E-state index in [9.17, 15) is 13.2 Å². The molecule has 2 aromatic rings. The molecule has 0 radical (unpaired) electrons. The zero-order valence-corrected chi connectivity index (χ0v) is 16.4. The van der Waals surface area contributed by atoms with Gasteiger partial charge in [0, 0.05) is 36.6 Å². The Hall–Kier alpha value is -2.16. The summed E-state index contributed by atoms with van der Waals surface area (Å²) in [6.07, 6.45) is 5.04. The maximum Gasteiger partial charge on any atom is 0.257 e. The number of sulfone groups is 1. The third-order valence-electron chi connectivity index (χ3n) is 4.82. The van der Waals surface area contributed by atoms with Crippen LogP contribution in [0.3, 0.4) is 0 Å². The highest BCUT2D eigenvalue weighted by atomic mass is 32.2. The van der Waals surface area contributed by atoms with E-state index in [1.54, 1.807) is 26.7 Å². The Morgan fingerprint density at radius 2 is 2.04 bits per heavy atom. The van der Waals surface area contributed by atoms with Crippen molar-refractivity contribution in [2.75, 3.05) is 18.1 Å². The number of amides is 1. The first-order valence-corrected chi connectivity index (χ1v) is 10.6. The van der Waals surface area contributed by atoms with Gasteiger partial charge in [0.05, 0.1) is 35.5 Å². The van der Waals surface area contributed by atoms with E-state index in [1.807, 2.05) is 33.9 Å². The first-order chi connectivity index (χ1) is 12.2. The second-order valence-electron chi connectivity index (χ2n) is 6.94. The van der Waals surface area contributed by atoms with Gasteiger partial charge in [-0.3, -0.25) is 14.2 Å². The summed E-state index contributed by atoms with van der Waals surface area (Å²) in [5.74, 6) is -0.279. The van der Waals surface area contributed by atoms with Crippen LogP contribution in [0.25, 0.3) is 0 Å². The Morgan fingerprint density at radius 1 is 1.31 bits per heavy atom. The maximum atomic E-state index is 13.2. The van der Waals surface area contributed by atoms with Crippen molar-refractivity contribution in [3.05, 3.63) is 35.4 Å². The van der Waals surface area contributed by atoms with Crippen LogP contribution in [0.15, 0.2) is 18.6 Å². The Bertz CT molecular complexity index is 913. The van der Waals surface area contributed by atoms with Crippen molar-refractivity contribution in [1.29, 1.82) is 0 Å². The summed E-state index contributed by atoms with van der Waals surface area (Å²) in [4.78, 5) is 14.8. The van der Waals surface area contributed by atoms with Crippen LogP contribution in [0.4, 0.5) is 0 Å². The fourth-order valence-corrected chi connectivity index (χ4v) is 4.85. The average molecular weight is 379 g/mol. The molecule has 1 fully saturated rings. The molecule has 1 atom stereocenters. The quantitative estimate of drug-likeness (QED) is 0.805. The molecule has 0 spiro atoms. The van der Waals surface area contributed by atoms with Crippen LogP contribution in [0.5, 0.6) is 0 Å². The molecule has 0 bridgehead atoms. The molecule has 0 saturated carbocycles. The molecule has 1 amide bonds. The van der Waals surface area contributed by atoms with Gasteiger partial charge in [0.1, 0.15) is 0 Å². The second kappa shape index (κ2) is 6.86. The number of hydrogen-bond acceptors (Lipinski definition) is 5. The van der Waals surface area contributed by atoms with Crippen molar-refractivity contribution in [1.82, 2.24) is 24.5 Å². The molecule has 0 aromatic carbocycles. The SMILES string of the molecule is CCn1cc([C@H]2CS(=O)(=O)CCN2C(=O)c2cnn(C(C)C)c2C)cn1. The molecular formula is C17H25N5O3S. The molecule has 3 heterocycles. The van der Waals surface area contributed by atoms with Gasteiger partial charge in [-0.15, -0.1) is 0 Å². The zero-order valence-electron chi connectivity index (χ0n) is 15.6. The van der Waals surface area contributed by atoms with Crippen LogP contribution in [-0.4, -0.2) is 56.8 Å². The molecular weight excluding hydrogens is 354 g/mol. The van der Waals surface area contributed by atoms with E-state index in [1.165, 1.54) is 0 Å². The number of carbonyl (C=O) groups is 1. The Morgan fingerprint density at radius 3 is 2.62 bits per heavy atom. The molecule has 9 heteroatoms. The molecule has 142 valence electrons. The van der Waals surface area contributed by atoms with E-state index in [4.69, 9.17) is 0 Å². The average Bonchev–Trinajstić information content (AvgIpc) is 3.20. The summed E-state index contributed by atoms with van der Waals surface area (Å²) >= 11 is 0. The molecule has 0 N–H and O–H groups in total. The first kappa shape index (κ1) is 18.6. The Kier molecular flexibility index (Phi) is 4.92. The number of nitrogens with zero attached hydrogens (tertiary/aromatic N) is 5. The monoisotopic (exact) mass is 379 g/mol. The van der Waals surface area contributed by atoms with Gasteiger partial charge in [0.25, 0.3) is 5.91 Å². The minimum Gasteiger partial charge on any atom is -0.329 e. The van der Waals surface area contributed by atoms with Crippen molar-refractivity contribution in [2.45, 2.75) is 46.3 Å². The molecule has 2 aromatic heterocycles. The maximum absolute atomic E-state index is 13.2. The molecule has 0 unspecified atom stereocenters. The number of aryl methyl sites for hydroxylation is 1. The molecule has 26 heavy (non-hydrogen) atoms. The van der Waals surface area contributed by atoms with Crippen LogP contribution in [0, 0.1) is 6.92 Å². The van der Waals surface area contributed by atoms with Gasteiger partial charge >= 0.3 is 0 Å². The molecule has 8 nitrogen and oxygen atoms in total. The Labute approximate surface area is 153 Å². The van der Waals surface area contributed by atoms with Crippen LogP contribution >= 0.6 is 0 Å².